The molecule has 1 amide bonds. The molecule has 2 fully saturated rings. The van der Waals surface area contributed by atoms with Crippen LogP contribution in [0, 0.1) is 11.7 Å². The normalized spacial score (nSPS) is 21.8. The second-order valence-corrected chi connectivity index (χ2v) is 5.97. The molecule has 0 bridgehead atoms. The Kier molecular flexibility index (Phi) is 4.39. The molecule has 21 heavy (non-hydrogen) atoms. The Hall–Kier alpha value is -1.62. The number of anilines is 2. The second kappa shape index (κ2) is 6.43. The maximum absolute atomic E-state index is 14.2. The zero-order valence-corrected chi connectivity index (χ0v) is 12.2. The summed E-state index contributed by atoms with van der Waals surface area (Å²) in [4.78, 5) is 14.0. The van der Waals surface area contributed by atoms with E-state index in [2.05, 4.69) is 15.5 Å². The number of hydrogen-bond donors (Lipinski definition) is 2. The van der Waals surface area contributed by atoms with Gasteiger partial charge in [0, 0.05) is 25.2 Å². The molecule has 5 heteroatoms. The van der Waals surface area contributed by atoms with Gasteiger partial charge in [0.2, 0.25) is 5.91 Å². The fourth-order valence-corrected chi connectivity index (χ4v) is 3.16. The summed E-state index contributed by atoms with van der Waals surface area (Å²) in [6.07, 6.45) is 3.78. The zero-order chi connectivity index (χ0) is 14.7. The smallest absolute Gasteiger partial charge is 0.224 e. The van der Waals surface area contributed by atoms with E-state index >= 15 is 0 Å². The predicted molar refractivity (Wildman–Crippen MR) is 82.1 cm³/mol. The van der Waals surface area contributed by atoms with Gasteiger partial charge in [-0.25, -0.2) is 4.39 Å². The van der Waals surface area contributed by atoms with Crippen LogP contribution in [-0.4, -0.2) is 32.1 Å². The fourth-order valence-electron chi connectivity index (χ4n) is 3.16. The summed E-state index contributed by atoms with van der Waals surface area (Å²) < 4.78 is 14.2. The minimum atomic E-state index is -0.253. The summed E-state index contributed by atoms with van der Waals surface area (Å²) in [5.74, 6) is 0.118. The standard InChI is InChI=1S/C16H22FN3O/c17-14-10-13(3-4-15(14)20-7-1-2-8-20)19-16(21)9-12-5-6-18-11-12/h3-4,10,12,18H,1-2,5-9,11H2,(H,19,21). The van der Waals surface area contributed by atoms with E-state index in [4.69, 9.17) is 0 Å². The largest absolute Gasteiger partial charge is 0.369 e. The Morgan fingerprint density at radius 2 is 2.19 bits per heavy atom. The van der Waals surface area contributed by atoms with Crippen molar-refractivity contribution in [3.8, 4) is 0 Å². The van der Waals surface area contributed by atoms with E-state index in [-0.39, 0.29) is 11.7 Å². The number of carbonyl (C=O) groups is 1. The van der Waals surface area contributed by atoms with Crippen molar-refractivity contribution in [2.75, 3.05) is 36.4 Å². The second-order valence-electron chi connectivity index (χ2n) is 5.97. The van der Waals surface area contributed by atoms with E-state index in [1.807, 2.05) is 0 Å². The van der Waals surface area contributed by atoms with Crippen molar-refractivity contribution in [1.29, 1.82) is 0 Å². The van der Waals surface area contributed by atoms with E-state index in [1.165, 1.54) is 6.07 Å². The van der Waals surface area contributed by atoms with E-state index in [9.17, 15) is 9.18 Å². The summed E-state index contributed by atoms with van der Waals surface area (Å²) in [7, 11) is 0. The monoisotopic (exact) mass is 291 g/mol. The van der Waals surface area contributed by atoms with Gasteiger partial charge in [-0.1, -0.05) is 0 Å². The summed E-state index contributed by atoms with van der Waals surface area (Å²) in [6, 6.07) is 4.99. The molecule has 4 nitrogen and oxygen atoms in total. The highest BCUT2D eigenvalue weighted by atomic mass is 19.1. The average Bonchev–Trinajstić information content (AvgIpc) is 3.11. The highest BCUT2D eigenvalue weighted by Gasteiger charge is 2.19. The van der Waals surface area contributed by atoms with Crippen LogP contribution in [0.25, 0.3) is 0 Å². The van der Waals surface area contributed by atoms with Gasteiger partial charge in [-0.2, -0.15) is 0 Å². The van der Waals surface area contributed by atoms with Crippen LogP contribution in [0.5, 0.6) is 0 Å². The third-order valence-electron chi connectivity index (χ3n) is 4.31. The van der Waals surface area contributed by atoms with Crippen LogP contribution in [0.1, 0.15) is 25.7 Å². The summed E-state index contributed by atoms with van der Waals surface area (Å²) >= 11 is 0. The first-order valence-corrected chi connectivity index (χ1v) is 7.77. The number of halogens is 1. The number of hydrogen-bond acceptors (Lipinski definition) is 3. The molecular weight excluding hydrogens is 269 g/mol. The molecule has 0 radical (unpaired) electrons. The lowest BCUT2D eigenvalue weighted by molar-refractivity contribution is -0.116. The molecule has 2 N–H and O–H groups in total. The molecule has 2 heterocycles. The molecule has 0 saturated carbocycles. The third-order valence-corrected chi connectivity index (χ3v) is 4.31. The van der Waals surface area contributed by atoms with Crippen molar-refractivity contribution < 1.29 is 9.18 Å². The Morgan fingerprint density at radius 3 is 2.86 bits per heavy atom. The van der Waals surface area contributed by atoms with Crippen LogP contribution in [0.4, 0.5) is 15.8 Å². The lowest BCUT2D eigenvalue weighted by Crippen LogP contribution is -2.20. The highest BCUT2D eigenvalue weighted by Crippen LogP contribution is 2.26. The van der Waals surface area contributed by atoms with Gasteiger partial charge in [0.15, 0.2) is 0 Å². The average molecular weight is 291 g/mol. The first-order valence-electron chi connectivity index (χ1n) is 7.77. The number of nitrogens with one attached hydrogen (secondary N) is 2. The minimum absolute atomic E-state index is 0.0305. The molecular formula is C16H22FN3O. The number of amides is 1. The van der Waals surface area contributed by atoms with Crippen molar-refractivity contribution in [1.82, 2.24) is 5.32 Å². The Morgan fingerprint density at radius 1 is 1.38 bits per heavy atom. The number of rotatable bonds is 4. The maximum Gasteiger partial charge on any atom is 0.224 e. The van der Waals surface area contributed by atoms with Gasteiger partial charge < -0.3 is 15.5 Å². The summed E-state index contributed by atoms with van der Waals surface area (Å²) in [5.41, 5.74) is 1.19. The molecule has 3 rings (SSSR count). The van der Waals surface area contributed by atoms with E-state index < -0.39 is 0 Å². The number of benzene rings is 1. The molecule has 2 saturated heterocycles. The van der Waals surface area contributed by atoms with Crippen LogP contribution in [-0.2, 0) is 4.79 Å². The van der Waals surface area contributed by atoms with E-state index in [0.29, 0.717) is 23.7 Å². The molecule has 1 atom stereocenters. The molecule has 114 valence electrons. The van der Waals surface area contributed by atoms with Gasteiger partial charge in [0.25, 0.3) is 0 Å². The quantitative estimate of drug-likeness (QED) is 0.895. The molecule has 0 aliphatic carbocycles. The zero-order valence-electron chi connectivity index (χ0n) is 12.2. The molecule has 1 aromatic rings. The first-order chi connectivity index (χ1) is 10.2. The third kappa shape index (κ3) is 3.53. The highest BCUT2D eigenvalue weighted by molar-refractivity contribution is 5.91. The molecule has 2 aliphatic rings. The van der Waals surface area contributed by atoms with Gasteiger partial charge in [0.1, 0.15) is 5.82 Å². The van der Waals surface area contributed by atoms with Crippen molar-refractivity contribution in [2.45, 2.75) is 25.7 Å². The topological polar surface area (TPSA) is 44.4 Å². The van der Waals surface area contributed by atoms with Crippen LogP contribution < -0.4 is 15.5 Å². The Balaban J connectivity index is 1.60. The molecule has 2 aliphatic heterocycles. The molecule has 0 spiro atoms. The maximum atomic E-state index is 14.2. The van der Waals surface area contributed by atoms with Gasteiger partial charge >= 0.3 is 0 Å². The van der Waals surface area contributed by atoms with Crippen LogP contribution in [0.3, 0.4) is 0 Å². The lowest BCUT2D eigenvalue weighted by atomic mass is 10.0. The Bertz CT molecular complexity index is 508. The van der Waals surface area contributed by atoms with Crippen LogP contribution in [0.15, 0.2) is 18.2 Å². The van der Waals surface area contributed by atoms with Gasteiger partial charge in [-0.05, 0) is 56.5 Å². The van der Waals surface area contributed by atoms with E-state index in [0.717, 1.165) is 45.4 Å². The van der Waals surface area contributed by atoms with Crippen molar-refractivity contribution in [3.63, 3.8) is 0 Å². The summed E-state index contributed by atoms with van der Waals surface area (Å²) in [6.45, 7) is 3.71. The Labute approximate surface area is 124 Å². The van der Waals surface area contributed by atoms with Crippen molar-refractivity contribution in [3.05, 3.63) is 24.0 Å². The van der Waals surface area contributed by atoms with Crippen molar-refractivity contribution >= 4 is 17.3 Å². The molecule has 1 unspecified atom stereocenters. The summed E-state index contributed by atoms with van der Waals surface area (Å²) in [5, 5.41) is 6.05. The SMILES string of the molecule is O=C(CC1CCNC1)Nc1ccc(N2CCCC2)c(F)c1. The molecule has 0 aromatic heterocycles. The minimum Gasteiger partial charge on any atom is -0.369 e. The van der Waals surface area contributed by atoms with Crippen LogP contribution in [0.2, 0.25) is 0 Å². The van der Waals surface area contributed by atoms with Crippen molar-refractivity contribution in [2.24, 2.45) is 5.92 Å². The van der Waals surface area contributed by atoms with E-state index in [1.54, 1.807) is 12.1 Å². The van der Waals surface area contributed by atoms with Gasteiger partial charge in [-0.15, -0.1) is 0 Å². The fraction of sp³-hybridized carbons (Fsp3) is 0.562. The first kappa shape index (κ1) is 14.3. The predicted octanol–water partition coefficient (Wildman–Crippen LogP) is 2.36. The number of carbonyl (C=O) groups excluding carboxylic acids is 1. The lowest BCUT2D eigenvalue weighted by Gasteiger charge is -2.19. The van der Waals surface area contributed by atoms with Gasteiger partial charge in [-0.3, -0.25) is 4.79 Å². The molecule has 1 aromatic carbocycles. The van der Waals surface area contributed by atoms with Gasteiger partial charge in [0.05, 0.1) is 5.69 Å². The number of nitrogens with zero attached hydrogens (tertiary/aromatic N) is 1. The van der Waals surface area contributed by atoms with Crippen LogP contribution >= 0.6 is 0 Å².